The monoisotopic (exact) mass is 389 g/mol. The van der Waals surface area contributed by atoms with E-state index in [2.05, 4.69) is 19.1 Å². The lowest BCUT2D eigenvalue weighted by Crippen LogP contribution is -2.22. The molecule has 26 heavy (non-hydrogen) atoms. The van der Waals surface area contributed by atoms with Crippen LogP contribution >= 0.6 is 0 Å². The highest BCUT2D eigenvalue weighted by Crippen LogP contribution is 2.13. The molecule has 0 fully saturated rings. The standard InChI is InChI=1S/C21H43NO3S/c1-3-4-5-6-7-8-9-10-11-12-13-14-15-16-17-18-21(2)25-26(23,24)20-19-22/h10-11,21H,3-9,12-20,22H2,1-2H3/b11-10-. The molecule has 0 aromatic carbocycles. The highest BCUT2D eigenvalue weighted by molar-refractivity contribution is 7.86. The molecular formula is C21H43NO3S. The van der Waals surface area contributed by atoms with E-state index in [9.17, 15) is 8.42 Å². The largest absolute Gasteiger partial charge is 0.329 e. The number of allylic oxidation sites excluding steroid dienone is 2. The average molecular weight is 390 g/mol. The van der Waals surface area contributed by atoms with Gasteiger partial charge in [-0.3, -0.25) is 4.18 Å². The Morgan fingerprint density at radius 1 is 0.846 bits per heavy atom. The van der Waals surface area contributed by atoms with Gasteiger partial charge in [-0.2, -0.15) is 8.42 Å². The summed E-state index contributed by atoms with van der Waals surface area (Å²) < 4.78 is 28.1. The summed E-state index contributed by atoms with van der Waals surface area (Å²) in [6.45, 7) is 4.19. The molecular weight excluding hydrogens is 346 g/mol. The molecule has 0 saturated carbocycles. The first-order valence-electron chi connectivity index (χ1n) is 10.8. The quantitative estimate of drug-likeness (QED) is 0.174. The normalized spacial score (nSPS) is 13.5. The molecule has 5 heteroatoms. The molecule has 0 aliphatic rings. The number of unbranched alkanes of at least 4 members (excludes halogenated alkanes) is 11. The van der Waals surface area contributed by atoms with Crippen LogP contribution in [0.25, 0.3) is 0 Å². The maximum Gasteiger partial charge on any atom is 0.268 e. The van der Waals surface area contributed by atoms with Crippen LogP contribution in [0.5, 0.6) is 0 Å². The maximum atomic E-state index is 11.5. The van der Waals surface area contributed by atoms with Gasteiger partial charge in [-0.1, -0.05) is 76.9 Å². The summed E-state index contributed by atoms with van der Waals surface area (Å²) in [4.78, 5) is 0. The molecule has 4 nitrogen and oxygen atoms in total. The SMILES string of the molecule is CCCCCCCC/C=C\CCCCCCCC(C)OS(=O)(=O)CCN. The number of rotatable bonds is 19. The van der Waals surface area contributed by atoms with Gasteiger partial charge < -0.3 is 5.73 Å². The fourth-order valence-corrected chi connectivity index (χ4v) is 3.98. The fraction of sp³-hybridized carbons (Fsp3) is 0.905. The Morgan fingerprint density at radius 2 is 1.35 bits per heavy atom. The molecule has 0 aromatic rings. The van der Waals surface area contributed by atoms with Gasteiger partial charge in [0.2, 0.25) is 0 Å². The lowest BCUT2D eigenvalue weighted by atomic mass is 10.1. The van der Waals surface area contributed by atoms with Crippen molar-refractivity contribution in [2.45, 2.75) is 110 Å². The van der Waals surface area contributed by atoms with Gasteiger partial charge in [0.25, 0.3) is 10.1 Å². The summed E-state index contributed by atoms with van der Waals surface area (Å²) in [5.74, 6) is -0.0935. The lowest BCUT2D eigenvalue weighted by molar-refractivity contribution is 0.214. The first-order chi connectivity index (χ1) is 12.5. The molecule has 1 atom stereocenters. The van der Waals surface area contributed by atoms with Gasteiger partial charge in [-0.15, -0.1) is 0 Å². The second-order valence-corrected chi connectivity index (χ2v) is 9.05. The van der Waals surface area contributed by atoms with Gasteiger partial charge in [-0.25, -0.2) is 0 Å². The van der Waals surface area contributed by atoms with Crippen molar-refractivity contribution >= 4 is 10.1 Å². The van der Waals surface area contributed by atoms with Crippen molar-refractivity contribution in [2.75, 3.05) is 12.3 Å². The van der Waals surface area contributed by atoms with Crippen LogP contribution in [-0.2, 0) is 14.3 Å². The molecule has 0 amide bonds. The molecule has 0 saturated heterocycles. The van der Waals surface area contributed by atoms with Crippen LogP contribution in [-0.4, -0.2) is 26.8 Å². The predicted molar refractivity (Wildman–Crippen MR) is 113 cm³/mol. The minimum absolute atomic E-state index is 0.0935. The first kappa shape index (κ1) is 25.6. The fourth-order valence-electron chi connectivity index (χ4n) is 2.99. The van der Waals surface area contributed by atoms with E-state index >= 15 is 0 Å². The third-order valence-corrected chi connectivity index (χ3v) is 5.91. The second-order valence-electron chi connectivity index (χ2n) is 7.33. The van der Waals surface area contributed by atoms with Gasteiger partial charge in [0.05, 0.1) is 11.9 Å². The molecule has 2 N–H and O–H groups in total. The summed E-state index contributed by atoms with van der Waals surface area (Å²) in [6.07, 6.45) is 21.8. The van der Waals surface area contributed by atoms with E-state index in [0.717, 1.165) is 19.3 Å². The van der Waals surface area contributed by atoms with Crippen LogP contribution in [0.3, 0.4) is 0 Å². The number of hydrogen-bond acceptors (Lipinski definition) is 4. The van der Waals surface area contributed by atoms with Crippen LogP contribution in [0, 0.1) is 0 Å². The third kappa shape index (κ3) is 18.4. The smallest absolute Gasteiger partial charge is 0.268 e. The van der Waals surface area contributed by atoms with Gasteiger partial charge in [0, 0.05) is 6.54 Å². The Bertz CT molecular complexity index is 421. The molecule has 156 valence electrons. The van der Waals surface area contributed by atoms with E-state index in [0.29, 0.717) is 0 Å². The summed E-state index contributed by atoms with van der Waals surface area (Å²) in [6, 6.07) is 0. The van der Waals surface area contributed by atoms with E-state index in [1.54, 1.807) is 0 Å². The van der Waals surface area contributed by atoms with Crippen LogP contribution in [0.1, 0.15) is 104 Å². The summed E-state index contributed by atoms with van der Waals surface area (Å²) in [5.41, 5.74) is 5.26. The zero-order chi connectivity index (χ0) is 19.5. The lowest BCUT2D eigenvalue weighted by Gasteiger charge is -2.12. The van der Waals surface area contributed by atoms with Crippen molar-refractivity contribution in [3.63, 3.8) is 0 Å². The minimum Gasteiger partial charge on any atom is -0.329 e. The molecule has 0 spiro atoms. The van der Waals surface area contributed by atoms with Crippen LogP contribution in [0.15, 0.2) is 12.2 Å². The highest BCUT2D eigenvalue weighted by atomic mass is 32.2. The Morgan fingerprint density at radius 3 is 1.88 bits per heavy atom. The van der Waals surface area contributed by atoms with E-state index < -0.39 is 10.1 Å². The van der Waals surface area contributed by atoms with Crippen LogP contribution < -0.4 is 5.73 Å². The van der Waals surface area contributed by atoms with Crippen molar-refractivity contribution in [1.82, 2.24) is 0 Å². The Hall–Kier alpha value is -0.390. The highest BCUT2D eigenvalue weighted by Gasteiger charge is 2.14. The molecule has 0 rings (SSSR count). The van der Waals surface area contributed by atoms with Gasteiger partial charge in [0.1, 0.15) is 0 Å². The van der Waals surface area contributed by atoms with Crippen molar-refractivity contribution < 1.29 is 12.6 Å². The van der Waals surface area contributed by atoms with Crippen molar-refractivity contribution in [3.05, 3.63) is 12.2 Å². The first-order valence-corrected chi connectivity index (χ1v) is 12.4. The van der Waals surface area contributed by atoms with E-state index in [1.807, 2.05) is 6.92 Å². The Balaban J connectivity index is 3.36. The molecule has 0 radical (unpaired) electrons. The van der Waals surface area contributed by atoms with E-state index in [-0.39, 0.29) is 18.4 Å². The molecule has 1 unspecified atom stereocenters. The maximum absolute atomic E-state index is 11.5. The molecule has 0 aromatic heterocycles. The zero-order valence-corrected chi connectivity index (χ0v) is 18.1. The predicted octanol–water partition coefficient (Wildman–Crippen LogP) is 5.72. The van der Waals surface area contributed by atoms with Gasteiger partial charge in [-0.05, 0) is 39.0 Å². The third-order valence-electron chi connectivity index (χ3n) is 4.55. The van der Waals surface area contributed by atoms with Crippen molar-refractivity contribution in [3.8, 4) is 0 Å². The minimum atomic E-state index is -3.43. The average Bonchev–Trinajstić information content (AvgIpc) is 2.57. The van der Waals surface area contributed by atoms with Gasteiger partial charge in [0.15, 0.2) is 0 Å². The summed E-state index contributed by atoms with van der Waals surface area (Å²) >= 11 is 0. The van der Waals surface area contributed by atoms with Gasteiger partial charge >= 0.3 is 0 Å². The van der Waals surface area contributed by atoms with Crippen molar-refractivity contribution in [2.24, 2.45) is 5.73 Å². The molecule has 0 bridgehead atoms. The summed E-state index contributed by atoms with van der Waals surface area (Å²) in [5, 5.41) is 0. The Labute approximate surface area is 163 Å². The topological polar surface area (TPSA) is 69.4 Å². The van der Waals surface area contributed by atoms with Crippen molar-refractivity contribution in [1.29, 1.82) is 0 Å². The van der Waals surface area contributed by atoms with Crippen LogP contribution in [0.4, 0.5) is 0 Å². The number of nitrogens with two attached hydrogens (primary N) is 1. The zero-order valence-electron chi connectivity index (χ0n) is 17.3. The van der Waals surface area contributed by atoms with E-state index in [4.69, 9.17) is 9.92 Å². The molecule has 0 aliphatic heterocycles. The Kier molecular flexibility index (Phi) is 17.7. The molecule has 0 aliphatic carbocycles. The van der Waals surface area contributed by atoms with E-state index in [1.165, 1.54) is 70.6 Å². The molecule has 0 heterocycles. The summed E-state index contributed by atoms with van der Waals surface area (Å²) in [7, 11) is -3.43. The second kappa shape index (κ2) is 18.0. The van der Waals surface area contributed by atoms with Crippen LogP contribution in [0.2, 0.25) is 0 Å². The number of hydrogen-bond donors (Lipinski definition) is 1.